The summed E-state index contributed by atoms with van der Waals surface area (Å²) in [5.41, 5.74) is 4.47. The van der Waals surface area contributed by atoms with Gasteiger partial charge in [-0.3, -0.25) is 14.5 Å². The third-order valence-electron chi connectivity index (χ3n) is 5.07. The van der Waals surface area contributed by atoms with Crippen molar-refractivity contribution in [2.75, 3.05) is 56.6 Å². The van der Waals surface area contributed by atoms with Crippen molar-refractivity contribution in [2.45, 2.75) is 13.8 Å². The van der Waals surface area contributed by atoms with Crippen LogP contribution in [0, 0.1) is 13.8 Å². The first kappa shape index (κ1) is 21.8. The first-order chi connectivity index (χ1) is 14.5. The Hall–Kier alpha value is -2.90. The van der Waals surface area contributed by atoms with Crippen molar-refractivity contribution in [3.8, 4) is 0 Å². The van der Waals surface area contributed by atoms with E-state index in [-0.39, 0.29) is 18.4 Å². The van der Waals surface area contributed by atoms with E-state index in [4.69, 9.17) is 4.74 Å². The molecule has 0 aliphatic carbocycles. The molecule has 7 heteroatoms. The topological polar surface area (TPSA) is 82.7 Å². The highest BCUT2D eigenvalue weighted by atomic mass is 16.5. The number of ether oxygens (including phenoxy) is 1. The molecule has 1 aliphatic rings. The molecule has 3 rings (SSSR count). The molecule has 160 valence electrons. The van der Waals surface area contributed by atoms with E-state index < -0.39 is 0 Å². The molecule has 1 heterocycles. The van der Waals surface area contributed by atoms with E-state index >= 15 is 0 Å². The second-order valence-electron chi connectivity index (χ2n) is 7.51. The molecular formula is C23H30N4O3. The summed E-state index contributed by atoms with van der Waals surface area (Å²) in [5, 5.41) is 8.93. The Morgan fingerprint density at radius 2 is 1.77 bits per heavy atom. The molecule has 2 aromatic carbocycles. The molecule has 2 amide bonds. The highest BCUT2D eigenvalue weighted by molar-refractivity contribution is 5.96. The highest BCUT2D eigenvalue weighted by Crippen LogP contribution is 2.16. The van der Waals surface area contributed by atoms with E-state index in [0.717, 1.165) is 44.1 Å². The zero-order valence-corrected chi connectivity index (χ0v) is 17.7. The Balaban J connectivity index is 1.41. The Morgan fingerprint density at radius 3 is 2.47 bits per heavy atom. The van der Waals surface area contributed by atoms with Crippen LogP contribution in [0.2, 0.25) is 0 Å². The normalized spacial score (nSPS) is 14.2. The number of nitrogens with zero attached hydrogens (tertiary/aromatic N) is 1. The molecule has 0 atom stereocenters. The molecular weight excluding hydrogens is 380 g/mol. The lowest BCUT2D eigenvalue weighted by atomic mass is 10.1. The Labute approximate surface area is 177 Å². The van der Waals surface area contributed by atoms with Crippen LogP contribution >= 0.6 is 0 Å². The van der Waals surface area contributed by atoms with Crippen molar-refractivity contribution in [1.82, 2.24) is 10.2 Å². The van der Waals surface area contributed by atoms with E-state index in [1.54, 1.807) is 24.3 Å². The second-order valence-corrected chi connectivity index (χ2v) is 7.51. The number of nitrogens with one attached hydrogen (secondary N) is 3. The van der Waals surface area contributed by atoms with E-state index in [9.17, 15) is 9.59 Å². The zero-order valence-electron chi connectivity index (χ0n) is 17.7. The van der Waals surface area contributed by atoms with Crippen LogP contribution in [0.5, 0.6) is 0 Å². The van der Waals surface area contributed by atoms with Gasteiger partial charge >= 0.3 is 0 Å². The van der Waals surface area contributed by atoms with Crippen LogP contribution in [-0.4, -0.2) is 62.7 Å². The van der Waals surface area contributed by atoms with Gasteiger partial charge in [0.25, 0.3) is 5.91 Å². The van der Waals surface area contributed by atoms with Crippen LogP contribution in [0.3, 0.4) is 0 Å². The minimum atomic E-state index is -0.141. The average molecular weight is 411 g/mol. The molecule has 1 fully saturated rings. The van der Waals surface area contributed by atoms with Gasteiger partial charge < -0.3 is 20.7 Å². The first-order valence-electron chi connectivity index (χ1n) is 10.3. The highest BCUT2D eigenvalue weighted by Gasteiger charge is 2.11. The number of morpholine rings is 1. The number of hydrogen-bond donors (Lipinski definition) is 3. The van der Waals surface area contributed by atoms with Gasteiger partial charge in [0.05, 0.1) is 19.8 Å². The van der Waals surface area contributed by atoms with E-state index in [1.807, 2.05) is 26.0 Å². The fourth-order valence-electron chi connectivity index (χ4n) is 3.35. The lowest BCUT2D eigenvalue weighted by Crippen LogP contribution is -2.41. The standard InChI is InChI=1S/C23H30N4O3/c1-17-3-8-21(18(2)15-17)25-16-22(28)26-20-6-4-19(5-7-20)23(29)24-9-10-27-11-13-30-14-12-27/h3-8,15,25H,9-14,16H2,1-2H3,(H,24,29)(H,26,28). The smallest absolute Gasteiger partial charge is 0.251 e. The molecule has 0 bridgehead atoms. The van der Waals surface area contributed by atoms with Crippen molar-refractivity contribution < 1.29 is 14.3 Å². The molecule has 1 saturated heterocycles. The summed E-state index contributed by atoms with van der Waals surface area (Å²) in [6.07, 6.45) is 0. The number of rotatable bonds is 8. The number of carbonyl (C=O) groups excluding carboxylic acids is 2. The SMILES string of the molecule is Cc1ccc(NCC(=O)Nc2ccc(C(=O)NCCN3CCOCC3)cc2)c(C)c1. The number of aryl methyl sites for hydroxylation is 2. The van der Waals surface area contributed by atoms with Gasteiger partial charge in [0.15, 0.2) is 0 Å². The van der Waals surface area contributed by atoms with E-state index in [2.05, 4.69) is 26.9 Å². The third kappa shape index (κ3) is 6.57. The number of anilines is 2. The fraction of sp³-hybridized carbons (Fsp3) is 0.391. The van der Waals surface area contributed by atoms with Crippen LogP contribution in [0.15, 0.2) is 42.5 Å². The number of benzene rings is 2. The number of carbonyl (C=O) groups is 2. The van der Waals surface area contributed by atoms with Crippen molar-refractivity contribution in [2.24, 2.45) is 0 Å². The van der Waals surface area contributed by atoms with Gasteiger partial charge in [-0.15, -0.1) is 0 Å². The minimum absolute atomic E-state index is 0.113. The quantitative estimate of drug-likeness (QED) is 0.623. The van der Waals surface area contributed by atoms with Crippen molar-refractivity contribution in [3.05, 3.63) is 59.2 Å². The predicted molar refractivity (Wildman–Crippen MR) is 119 cm³/mol. The van der Waals surface area contributed by atoms with E-state index in [1.165, 1.54) is 5.56 Å². The molecule has 0 saturated carbocycles. The summed E-state index contributed by atoms with van der Waals surface area (Å²) in [4.78, 5) is 26.8. The van der Waals surface area contributed by atoms with Gasteiger partial charge in [-0.2, -0.15) is 0 Å². The van der Waals surface area contributed by atoms with Crippen molar-refractivity contribution in [3.63, 3.8) is 0 Å². The van der Waals surface area contributed by atoms with Crippen LogP contribution in [0.1, 0.15) is 21.5 Å². The second kappa shape index (κ2) is 10.8. The summed E-state index contributed by atoms with van der Waals surface area (Å²) in [6, 6.07) is 13.0. The van der Waals surface area contributed by atoms with Crippen LogP contribution in [0.25, 0.3) is 0 Å². The molecule has 1 aliphatic heterocycles. The maximum atomic E-state index is 12.3. The fourth-order valence-corrected chi connectivity index (χ4v) is 3.35. The van der Waals surface area contributed by atoms with Gasteiger partial charge in [-0.25, -0.2) is 0 Å². The molecule has 3 N–H and O–H groups in total. The Bertz CT molecular complexity index is 861. The summed E-state index contributed by atoms with van der Waals surface area (Å²) in [7, 11) is 0. The summed E-state index contributed by atoms with van der Waals surface area (Å²) < 4.78 is 5.32. The summed E-state index contributed by atoms with van der Waals surface area (Å²) >= 11 is 0. The largest absolute Gasteiger partial charge is 0.379 e. The Morgan fingerprint density at radius 1 is 1.03 bits per heavy atom. The molecule has 7 nitrogen and oxygen atoms in total. The van der Waals surface area contributed by atoms with Crippen LogP contribution in [0.4, 0.5) is 11.4 Å². The molecule has 0 spiro atoms. The average Bonchev–Trinajstić information content (AvgIpc) is 2.74. The van der Waals surface area contributed by atoms with Crippen LogP contribution in [-0.2, 0) is 9.53 Å². The van der Waals surface area contributed by atoms with Gasteiger partial charge in [0, 0.05) is 43.1 Å². The minimum Gasteiger partial charge on any atom is -0.379 e. The molecule has 30 heavy (non-hydrogen) atoms. The lowest BCUT2D eigenvalue weighted by Gasteiger charge is -2.26. The van der Waals surface area contributed by atoms with Gasteiger partial charge in [-0.1, -0.05) is 17.7 Å². The van der Waals surface area contributed by atoms with Gasteiger partial charge in [-0.05, 0) is 49.7 Å². The third-order valence-corrected chi connectivity index (χ3v) is 5.07. The molecule has 0 radical (unpaired) electrons. The monoisotopic (exact) mass is 410 g/mol. The van der Waals surface area contributed by atoms with Gasteiger partial charge in [0.2, 0.25) is 5.91 Å². The molecule has 0 unspecified atom stereocenters. The Kier molecular flexibility index (Phi) is 7.82. The molecule has 0 aromatic heterocycles. The van der Waals surface area contributed by atoms with Crippen molar-refractivity contribution in [1.29, 1.82) is 0 Å². The maximum absolute atomic E-state index is 12.3. The number of hydrogen-bond acceptors (Lipinski definition) is 5. The zero-order chi connectivity index (χ0) is 21.3. The molecule has 2 aromatic rings. The van der Waals surface area contributed by atoms with Crippen LogP contribution < -0.4 is 16.0 Å². The van der Waals surface area contributed by atoms with E-state index in [0.29, 0.717) is 17.8 Å². The van der Waals surface area contributed by atoms with Crippen molar-refractivity contribution >= 4 is 23.2 Å². The summed E-state index contributed by atoms with van der Waals surface area (Å²) in [6.45, 7) is 8.95. The lowest BCUT2D eigenvalue weighted by molar-refractivity contribution is -0.114. The predicted octanol–water partition coefficient (Wildman–Crippen LogP) is 2.42. The summed E-state index contributed by atoms with van der Waals surface area (Å²) in [5.74, 6) is -0.254. The maximum Gasteiger partial charge on any atom is 0.251 e. The first-order valence-corrected chi connectivity index (χ1v) is 10.3. The number of amides is 2. The van der Waals surface area contributed by atoms with Gasteiger partial charge in [0.1, 0.15) is 0 Å².